The van der Waals surface area contributed by atoms with Crippen LogP contribution in [0.1, 0.15) is 31.4 Å². The van der Waals surface area contributed by atoms with Gasteiger partial charge in [0.15, 0.2) is 5.82 Å². The highest BCUT2D eigenvalue weighted by Gasteiger charge is 2.45. The van der Waals surface area contributed by atoms with E-state index >= 15 is 0 Å². The van der Waals surface area contributed by atoms with Gasteiger partial charge in [-0.25, -0.2) is 9.78 Å². The number of hydrogen-bond donors (Lipinski definition) is 1. The Hall–Kier alpha value is -2.58. The minimum Gasteiger partial charge on any atom is -0.330 e. The summed E-state index contributed by atoms with van der Waals surface area (Å²) in [4.78, 5) is 21.2. The van der Waals surface area contributed by atoms with Crippen LogP contribution in [0, 0.1) is 0 Å². The quantitative estimate of drug-likeness (QED) is 0.738. The fourth-order valence-corrected chi connectivity index (χ4v) is 4.96. The second-order valence-corrected chi connectivity index (χ2v) is 8.56. The number of likely N-dealkylation sites (tertiary alicyclic amines) is 1. The van der Waals surface area contributed by atoms with Gasteiger partial charge in [0.1, 0.15) is 0 Å². The van der Waals surface area contributed by atoms with Gasteiger partial charge in [0.25, 0.3) is 0 Å². The van der Waals surface area contributed by atoms with E-state index in [0.717, 1.165) is 31.4 Å². The Labute approximate surface area is 167 Å². The third-order valence-corrected chi connectivity index (χ3v) is 6.86. The first-order chi connectivity index (χ1) is 13.6. The summed E-state index contributed by atoms with van der Waals surface area (Å²) < 4.78 is 1.23. The monoisotopic (exact) mass is 394 g/mol. The molecule has 2 aliphatic heterocycles. The van der Waals surface area contributed by atoms with E-state index < -0.39 is 0 Å². The molecular formula is C20H22N6OS. The minimum absolute atomic E-state index is 0.0732. The van der Waals surface area contributed by atoms with E-state index in [0.29, 0.717) is 18.4 Å². The van der Waals surface area contributed by atoms with Gasteiger partial charge < -0.3 is 5.32 Å². The van der Waals surface area contributed by atoms with E-state index in [1.807, 2.05) is 17.6 Å². The van der Waals surface area contributed by atoms with Gasteiger partial charge >= 0.3 is 6.03 Å². The molecule has 0 aliphatic carbocycles. The van der Waals surface area contributed by atoms with Crippen molar-refractivity contribution in [1.82, 2.24) is 25.4 Å². The second-order valence-electron chi connectivity index (χ2n) is 7.67. The summed E-state index contributed by atoms with van der Waals surface area (Å²) in [5.74, 6) is 0.615. The normalized spacial score (nSPS) is 20.6. The zero-order valence-corrected chi connectivity index (χ0v) is 16.5. The first kappa shape index (κ1) is 17.5. The number of anilines is 1. The first-order valence-electron chi connectivity index (χ1n) is 9.58. The van der Waals surface area contributed by atoms with E-state index in [9.17, 15) is 4.79 Å². The molecule has 1 spiro atoms. The number of aromatic nitrogens is 3. The number of rotatable bonds is 3. The zero-order chi connectivity index (χ0) is 19.1. The zero-order valence-electron chi connectivity index (χ0n) is 15.7. The van der Waals surface area contributed by atoms with E-state index in [-0.39, 0.29) is 11.6 Å². The van der Waals surface area contributed by atoms with Crippen LogP contribution in [0.4, 0.5) is 10.6 Å². The molecule has 1 N–H and O–H groups in total. The number of carbonyl (C=O) groups excluding carboxylic acids is 1. The minimum atomic E-state index is -0.177. The number of benzene rings is 1. The maximum absolute atomic E-state index is 12.5. The molecule has 2 aromatic heterocycles. The summed E-state index contributed by atoms with van der Waals surface area (Å²) in [6.07, 6.45) is 3.48. The molecule has 2 amide bonds. The summed E-state index contributed by atoms with van der Waals surface area (Å²) >= 11 is 1.68. The largest absolute Gasteiger partial charge is 0.330 e. The van der Waals surface area contributed by atoms with Gasteiger partial charge in [-0.3, -0.25) is 9.80 Å². The molecule has 2 fully saturated rings. The van der Waals surface area contributed by atoms with Gasteiger partial charge in [-0.2, -0.15) is 5.10 Å². The number of piperidine rings is 1. The number of thiazole rings is 1. The molecule has 4 heterocycles. The Kier molecular flexibility index (Phi) is 4.25. The summed E-state index contributed by atoms with van der Waals surface area (Å²) in [5.41, 5.74) is 4.09. The van der Waals surface area contributed by atoms with Crippen LogP contribution in [0.2, 0.25) is 0 Å². The van der Waals surface area contributed by atoms with Crippen molar-refractivity contribution in [3.8, 4) is 0 Å². The number of hydrogen-bond acceptors (Lipinski definition) is 6. The fourth-order valence-electron chi connectivity index (χ4n) is 4.30. The molecule has 8 heteroatoms. The smallest absolute Gasteiger partial charge is 0.323 e. The number of fused-ring (bicyclic) bond motifs is 1. The molecule has 144 valence electrons. The Morgan fingerprint density at radius 3 is 2.89 bits per heavy atom. The number of amides is 2. The van der Waals surface area contributed by atoms with Gasteiger partial charge in [-0.05, 0) is 49.6 Å². The molecule has 1 unspecified atom stereocenters. The highest BCUT2D eigenvalue weighted by molar-refractivity contribution is 7.16. The van der Waals surface area contributed by atoms with Gasteiger partial charge in [-0.15, -0.1) is 16.4 Å². The molecule has 0 radical (unpaired) electrons. The van der Waals surface area contributed by atoms with Crippen LogP contribution in [0.25, 0.3) is 10.2 Å². The Balaban J connectivity index is 1.27. The highest BCUT2D eigenvalue weighted by atomic mass is 32.1. The SMILES string of the molecule is CC(c1ccc2scnc2c1)N1CCC2(CC1)CN(c1cccnn1)C(=O)N2. The Morgan fingerprint density at radius 2 is 2.11 bits per heavy atom. The number of carbonyl (C=O) groups is 1. The topological polar surface area (TPSA) is 74.2 Å². The van der Waals surface area contributed by atoms with Crippen molar-refractivity contribution in [3.05, 3.63) is 47.6 Å². The average molecular weight is 395 g/mol. The lowest BCUT2D eigenvalue weighted by molar-refractivity contribution is 0.121. The van der Waals surface area contributed by atoms with Crippen molar-refractivity contribution < 1.29 is 4.79 Å². The molecule has 7 nitrogen and oxygen atoms in total. The van der Waals surface area contributed by atoms with E-state index in [1.54, 1.807) is 22.4 Å². The van der Waals surface area contributed by atoms with Gasteiger partial charge in [0, 0.05) is 25.3 Å². The lowest BCUT2D eigenvalue weighted by Gasteiger charge is -2.41. The molecule has 3 aromatic rings. The molecule has 5 rings (SSSR count). The van der Waals surface area contributed by atoms with Gasteiger partial charge in [0.05, 0.1) is 27.8 Å². The number of urea groups is 1. The van der Waals surface area contributed by atoms with Gasteiger partial charge in [0.2, 0.25) is 0 Å². The summed E-state index contributed by atoms with van der Waals surface area (Å²) in [7, 11) is 0. The summed E-state index contributed by atoms with van der Waals surface area (Å²) in [6, 6.07) is 10.5. The first-order valence-corrected chi connectivity index (χ1v) is 10.5. The lowest BCUT2D eigenvalue weighted by atomic mass is 9.87. The maximum Gasteiger partial charge on any atom is 0.323 e. The number of nitrogens with one attached hydrogen (secondary N) is 1. The molecule has 1 aromatic carbocycles. The van der Waals surface area contributed by atoms with Crippen LogP contribution < -0.4 is 10.2 Å². The standard InChI is InChI=1S/C20H22N6OS/c1-14(15-4-5-17-16(11-15)21-13-28-17)25-9-6-20(7-10-25)12-26(19(27)23-20)18-3-2-8-22-24-18/h2-5,8,11,13-14H,6-7,9-10,12H2,1H3,(H,23,27). The predicted octanol–water partition coefficient (Wildman–Crippen LogP) is 3.21. The lowest BCUT2D eigenvalue weighted by Crippen LogP contribution is -2.52. The molecule has 2 aliphatic rings. The Morgan fingerprint density at radius 1 is 1.25 bits per heavy atom. The van der Waals surface area contributed by atoms with Crippen molar-refractivity contribution >= 4 is 33.4 Å². The van der Waals surface area contributed by atoms with Crippen LogP contribution in [-0.4, -0.2) is 51.3 Å². The van der Waals surface area contributed by atoms with Crippen molar-refractivity contribution in [3.63, 3.8) is 0 Å². The van der Waals surface area contributed by atoms with Crippen molar-refractivity contribution in [1.29, 1.82) is 0 Å². The van der Waals surface area contributed by atoms with Crippen molar-refractivity contribution in [2.24, 2.45) is 0 Å². The molecule has 28 heavy (non-hydrogen) atoms. The van der Waals surface area contributed by atoms with E-state index in [4.69, 9.17) is 0 Å². The molecule has 1 atom stereocenters. The molecular weight excluding hydrogens is 372 g/mol. The van der Waals surface area contributed by atoms with Gasteiger partial charge in [-0.1, -0.05) is 6.07 Å². The molecule has 2 saturated heterocycles. The highest BCUT2D eigenvalue weighted by Crippen LogP contribution is 2.34. The van der Waals surface area contributed by atoms with Crippen molar-refractivity contribution in [2.45, 2.75) is 31.3 Å². The Bertz CT molecular complexity index is 998. The maximum atomic E-state index is 12.5. The van der Waals surface area contributed by atoms with Crippen molar-refractivity contribution in [2.75, 3.05) is 24.5 Å². The predicted molar refractivity (Wildman–Crippen MR) is 109 cm³/mol. The van der Waals surface area contributed by atoms with E-state index in [1.165, 1.54) is 10.3 Å². The average Bonchev–Trinajstić information content (AvgIpc) is 3.32. The van der Waals surface area contributed by atoms with Crippen LogP contribution in [0.3, 0.4) is 0 Å². The summed E-state index contributed by atoms with van der Waals surface area (Å²) in [6.45, 7) is 4.80. The summed E-state index contributed by atoms with van der Waals surface area (Å²) in [5, 5.41) is 11.2. The van der Waals surface area contributed by atoms with E-state index in [2.05, 4.69) is 50.5 Å². The number of nitrogens with zero attached hydrogens (tertiary/aromatic N) is 5. The second kappa shape index (κ2) is 6.79. The van der Waals surface area contributed by atoms with Crippen LogP contribution in [0.15, 0.2) is 42.0 Å². The third-order valence-electron chi connectivity index (χ3n) is 6.05. The fraction of sp³-hybridized carbons (Fsp3) is 0.400. The molecule has 0 bridgehead atoms. The van der Waals surface area contributed by atoms with Crippen LogP contribution in [-0.2, 0) is 0 Å². The van der Waals surface area contributed by atoms with Crippen LogP contribution >= 0.6 is 11.3 Å². The molecule has 0 saturated carbocycles. The van der Waals surface area contributed by atoms with Crippen LogP contribution in [0.5, 0.6) is 0 Å². The third kappa shape index (κ3) is 3.02.